The molecule has 0 aliphatic carbocycles. The summed E-state index contributed by atoms with van der Waals surface area (Å²) < 4.78 is 5.12. The number of nitrogens with one attached hydrogen (secondary N) is 1. The van der Waals surface area contributed by atoms with E-state index in [0.29, 0.717) is 17.1 Å². The molecule has 0 radical (unpaired) electrons. The molecule has 0 bridgehead atoms. The Kier molecular flexibility index (Phi) is 4.35. The summed E-state index contributed by atoms with van der Waals surface area (Å²) in [5.41, 5.74) is 7.00. The number of carbonyl (C=O) groups excluding carboxylic acids is 1. The van der Waals surface area contributed by atoms with Gasteiger partial charge in [0.15, 0.2) is 6.61 Å². The number of hydrogen-bond acceptors (Lipinski definition) is 5. The second kappa shape index (κ2) is 6.38. The SMILES string of the molecule is Nc1ccc2c(c1)NC(=O)CO2.O=C(O)c1cccnc1. The van der Waals surface area contributed by atoms with Crippen LogP contribution in [0.3, 0.4) is 0 Å². The van der Waals surface area contributed by atoms with Gasteiger partial charge >= 0.3 is 5.97 Å². The predicted molar refractivity (Wildman–Crippen MR) is 76.2 cm³/mol. The Labute approximate surface area is 120 Å². The van der Waals surface area contributed by atoms with Gasteiger partial charge < -0.3 is 20.9 Å². The van der Waals surface area contributed by atoms with Gasteiger partial charge in [-0.05, 0) is 30.3 Å². The largest absolute Gasteiger partial charge is 0.482 e. The molecule has 0 saturated carbocycles. The zero-order valence-corrected chi connectivity index (χ0v) is 10.9. The number of carboxylic acid groups (broad SMARTS) is 1. The standard InChI is InChI=1S/C8H8N2O2.C6H5NO2/c9-5-1-2-7-6(3-5)10-8(11)4-12-7;8-6(9)5-2-1-3-7-4-5/h1-3H,4,9H2,(H,10,11);1-4H,(H,8,9). The van der Waals surface area contributed by atoms with Crippen LogP contribution in [0.25, 0.3) is 0 Å². The number of rotatable bonds is 1. The summed E-state index contributed by atoms with van der Waals surface area (Å²) in [5, 5.41) is 11.0. The summed E-state index contributed by atoms with van der Waals surface area (Å²) >= 11 is 0. The smallest absolute Gasteiger partial charge is 0.337 e. The number of benzene rings is 1. The van der Waals surface area contributed by atoms with E-state index >= 15 is 0 Å². The summed E-state index contributed by atoms with van der Waals surface area (Å²) in [4.78, 5) is 24.6. The van der Waals surface area contributed by atoms with Crippen LogP contribution in [0.4, 0.5) is 11.4 Å². The molecular formula is C14H13N3O4. The first-order valence-corrected chi connectivity index (χ1v) is 6.02. The monoisotopic (exact) mass is 287 g/mol. The molecule has 7 nitrogen and oxygen atoms in total. The van der Waals surface area contributed by atoms with Crippen LogP contribution in [0.5, 0.6) is 5.75 Å². The fraction of sp³-hybridized carbons (Fsp3) is 0.0714. The molecule has 0 spiro atoms. The van der Waals surface area contributed by atoms with Gasteiger partial charge in [0.25, 0.3) is 5.91 Å². The summed E-state index contributed by atoms with van der Waals surface area (Å²) in [6.07, 6.45) is 2.84. The highest BCUT2D eigenvalue weighted by Gasteiger charge is 2.14. The van der Waals surface area contributed by atoms with Crippen molar-refractivity contribution < 1.29 is 19.4 Å². The normalized spacial score (nSPS) is 12.1. The minimum Gasteiger partial charge on any atom is -0.482 e. The highest BCUT2D eigenvalue weighted by atomic mass is 16.5. The lowest BCUT2D eigenvalue weighted by molar-refractivity contribution is -0.118. The number of aromatic nitrogens is 1. The maximum absolute atomic E-state index is 10.9. The van der Waals surface area contributed by atoms with E-state index in [2.05, 4.69) is 10.3 Å². The number of nitrogens with two attached hydrogens (primary N) is 1. The summed E-state index contributed by atoms with van der Waals surface area (Å²) in [6, 6.07) is 8.23. The van der Waals surface area contributed by atoms with Crippen molar-refractivity contribution in [2.75, 3.05) is 17.7 Å². The van der Waals surface area contributed by atoms with Crippen LogP contribution in [0.1, 0.15) is 10.4 Å². The van der Waals surface area contributed by atoms with Crippen LogP contribution >= 0.6 is 0 Å². The highest BCUT2D eigenvalue weighted by molar-refractivity contribution is 5.95. The molecule has 7 heteroatoms. The predicted octanol–water partition coefficient (Wildman–Crippen LogP) is 1.38. The van der Waals surface area contributed by atoms with Gasteiger partial charge in [-0.1, -0.05) is 0 Å². The van der Waals surface area contributed by atoms with Crippen LogP contribution in [0, 0.1) is 0 Å². The number of hydrogen-bond donors (Lipinski definition) is 3. The van der Waals surface area contributed by atoms with Gasteiger partial charge in [0.1, 0.15) is 5.75 Å². The van der Waals surface area contributed by atoms with Crippen LogP contribution in [0.2, 0.25) is 0 Å². The molecule has 108 valence electrons. The van der Waals surface area contributed by atoms with E-state index in [-0.39, 0.29) is 18.1 Å². The Morgan fingerprint density at radius 1 is 1.38 bits per heavy atom. The first-order valence-electron chi connectivity index (χ1n) is 6.02. The average molecular weight is 287 g/mol. The number of pyridine rings is 1. The molecule has 1 aliphatic heterocycles. The number of nitrogens with zero attached hydrogens (tertiary/aromatic N) is 1. The molecule has 1 aliphatic rings. The van der Waals surface area contributed by atoms with Crippen molar-refractivity contribution in [3.63, 3.8) is 0 Å². The van der Waals surface area contributed by atoms with E-state index in [1.807, 2.05) is 0 Å². The van der Waals surface area contributed by atoms with Crippen molar-refractivity contribution in [2.45, 2.75) is 0 Å². The summed E-state index contributed by atoms with van der Waals surface area (Å²) in [6.45, 7) is 0.0803. The lowest BCUT2D eigenvalue weighted by atomic mass is 10.2. The van der Waals surface area contributed by atoms with Gasteiger partial charge in [-0.2, -0.15) is 0 Å². The van der Waals surface area contributed by atoms with Gasteiger partial charge in [-0.3, -0.25) is 9.78 Å². The molecule has 2 heterocycles. The Bertz CT molecular complexity index is 659. The van der Waals surface area contributed by atoms with Gasteiger partial charge in [-0.15, -0.1) is 0 Å². The van der Waals surface area contributed by atoms with Crippen molar-refractivity contribution in [1.29, 1.82) is 0 Å². The lowest BCUT2D eigenvalue weighted by Crippen LogP contribution is -2.25. The minimum absolute atomic E-state index is 0.0803. The minimum atomic E-state index is -0.942. The fourth-order valence-corrected chi connectivity index (χ4v) is 1.59. The number of carboxylic acids is 1. The van der Waals surface area contributed by atoms with Crippen LogP contribution in [0.15, 0.2) is 42.7 Å². The average Bonchev–Trinajstić information content (AvgIpc) is 2.48. The second-order valence-electron chi connectivity index (χ2n) is 4.14. The third-order valence-electron chi connectivity index (χ3n) is 2.54. The molecule has 0 fully saturated rings. The first-order chi connectivity index (χ1) is 10.1. The van der Waals surface area contributed by atoms with E-state index in [9.17, 15) is 9.59 Å². The van der Waals surface area contributed by atoms with Crippen molar-refractivity contribution in [2.24, 2.45) is 0 Å². The van der Waals surface area contributed by atoms with Crippen molar-refractivity contribution >= 4 is 23.3 Å². The summed E-state index contributed by atoms with van der Waals surface area (Å²) in [7, 11) is 0. The van der Waals surface area contributed by atoms with E-state index in [1.54, 1.807) is 24.3 Å². The number of fused-ring (bicyclic) bond motifs is 1. The molecule has 1 amide bonds. The fourth-order valence-electron chi connectivity index (χ4n) is 1.59. The number of nitrogen functional groups attached to an aromatic ring is 1. The zero-order valence-electron chi connectivity index (χ0n) is 10.9. The van der Waals surface area contributed by atoms with Crippen LogP contribution in [-0.2, 0) is 4.79 Å². The number of aromatic carboxylic acids is 1. The van der Waals surface area contributed by atoms with Gasteiger partial charge in [0.05, 0.1) is 11.3 Å². The first kappa shape index (κ1) is 14.3. The summed E-state index contributed by atoms with van der Waals surface area (Å²) in [5.74, 6) is -0.417. The number of ether oxygens (including phenoxy) is 1. The maximum atomic E-state index is 10.9. The molecule has 2 aromatic rings. The highest BCUT2D eigenvalue weighted by Crippen LogP contribution is 2.28. The maximum Gasteiger partial charge on any atom is 0.337 e. The van der Waals surface area contributed by atoms with E-state index < -0.39 is 5.97 Å². The Morgan fingerprint density at radius 2 is 2.19 bits per heavy atom. The molecular weight excluding hydrogens is 274 g/mol. The Balaban J connectivity index is 0.000000161. The molecule has 0 unspecified atom stereocenters. The number of carbonyl (C=O) groups is 2. The third kappa shape index (κ3) is 3.93. The molecule has 4 N–H and O–H groups in total. The van der Waals surface area contributed by atoms with Gasteiger partial charge in [-0.25, -0.2) is 4.79 Å². The molecule has 21 heavy (non-hydrogen) atoms. The van der Waals surface area contributed by atoms with Crippen molar-refractivity contribution in [3.8, 4) is 5.75 Å². The van der Waals surface area contributed by atoms with Crippen molar-refractivity contribution in [3.05, 3.63) is 48.3 Å². The topological polar surface area (TPSA) is 115 Å². The van der Waals surface area contributed by atoms with Crippen LogP contribution in [-0.4, -0.2) is 28.6 Å². The van der Waals surface area contributed by atoms with E-state index in [1.165, 1.54) is 18.5 Å². The van der Waals surface area contributed by atoms with E-state index in [4.69, 9.17) is 15.6 Å². The molecule has 0 atom stereocenters. The van der Waals surface area contributed by atoms with E-state index in [0.717, 1.165) is 0 Å². The molecule has 1 aromatic heterocycles. The molecule has 0 saturated heterocycles. The quantitative estimate of drug-likeness (QED) is 0.683. The number of anilines is 2. The Morgan fingerprint density at radius 3 is 2.81 bits per heavy atom. The number of amides is 1. The van der Waals surface area contributed by atoms with Crippen molar-refractivity contribution in [1.82, 2.24) is 4.98 Å². The van der Waals surface area contributed by atoms with Gasteiger partial charge in [0.2, 0.25) is 0 Å². The molecule has 3 rings (SSSR count). The second-order valence-corrected chi connectivity index (χ2v) is 4.14. The molecule has 1 aromatic carbocycles. The van der Waals surface area contributed by atoms with Crippen LogP contribution < -0.4 is 15.8 Å². The Hall–Kier alpha value is -3.09. The third-order valence-corrected chi connectivity index (χ3v) is 2.54. The zero-order chi connectivity index (χ0) is 15.2. The van der Waals surface area contributed by atoms with Gasteiger partial charge in [0, 0.05) is 18.1 Å². The lowest BCUT2D eigenvalue weighted by Gasteiger charge is -2.17.